The number of rotatable bonds is 2. The molecule has 0 atom stereocenters. The monoisotopic (exact) mass is 239 g/mol. The molecule has 0 fully saturated rings. The van der Waals surface area contributed by atoms with Crippen molar-refractivity contribution >= 4 is 5.65 Å². The second kappa shape index (κ2) is 4.23. The van der Waals surface area contributed by atoms with Crippen LogP contribution in [0.1, 0.15) is 11.3 Å². The number of nitrogens with zero attached hydrogens (tertiary/aromatic N) is 3. The number of aliphatic hydroxyl groups excluding tert-OH is 1. The molecule has 0 saturated carbocycles. The second-order valence-corrected chi connectivity index (χ2v) is 4.26. The highest BCUT2D eigenvalue weighted by Gasteiger charge is 2.05. The Morgan fingerprint density at radius 1 is 1.11 bits per heavy atom. The average molecular weight is 239 g/mol. The molecule has 1 N–H and O–H groups in total. The Labute approximate surface area is 105 Å². The lowest BCUT2D eigenvalue weighted by molar-refractivity contribution is 0.274. The van der Waals surface area contributed by atoms with Gasteiger partial charge < -0.3 is 5.11 Å². The van der Waals surface area contributed by atoms with Crippen molar-refractivity contribution in [2.75, 3.05) is 0 Å². The van der Waals surface area contributed by atoms with E-state index in [2.05, 4.69) is 29.1 Å². The summed E-state index contributed by atoms with van der Waals surface area (Å²) in [6.45, 7) is 1.99. The van der Waals surface area contributed by atoms with Crippen LogP contribution in [0.2, 0.25) is 0 Å². The minimum absolute atomic E-state index is 0.0640. The summed E-state index contributed by atoms with van der Waals surface area (Å²) >= 11 is 0. The van der Waals surface area contributed by atoms with Crippen molar-refractivity contribution in [1.82, 2.24) is 14.6 Å². The Kier molecular flexibility index (Phi) is 2.57. The molecule has 4 heteroatoms. The normalized spacial score (nSPS) is 11.0. The highest BCUT2D eigenvalue weighted by molar-refractivity contribution is 5.60. The maximum absolute atomic E-state index is 9.22. The van der Waals surface area contributed by atoms with Crippen molar-refractivity contribution < 1.29 is 5.11 Å². The Hall–Kier alpha value is -2.20. The second-order valence-electron chi connectivity index (χ2n) is 4.26. The Balaban J connectivity index is 2.14. The fraction of sp³-hybridized carbons (Fsp3) is 0.143. The Morgan fingerprint density at radius 3 is 2.61 bits per heavy atom. The van der Waals surface area contributed by atoms with E-state index in [0.29, 0.717) is 5.69 Å². The van der Waals surface area contributed by atoms with Crippen LogP contribution in [0.5, 0.6) is 0 Å². The largest absolute Gasteiger partial charge is 0.390 e. The third-order valence-corrected chi connectivity index (χ3v) is 2.94. The fourth-order valence-electron chi connectivity index (χ4n) is 1.91. The van der Waals surface area contributed by atoms with Crippen LogP contribution >= 0.6 is 0 Å². The van der Waals surface area contributed by atoms with E-state index in [4.69, 9.17) is 0 Å². The van der Waals surface area contributed by atoms with Gasteiger partial charge >= 0.3 is 0 Å². The van der Waals surface area contributed by atoms with Crippen molar-refractivity contribution in [3.05, 3.63) is 53.9 Å². The number of imidazole rings is 1. The summed E-state index contributed by atoms with van der Waals surface area (Å²) in [6, 6.07) is 12.0. The van der Waals surface area contributed by atoms with Gasteiger partial charge in [-0.05, 0) is 19.1 Å². The van der Waals surface area contributed by atoms with Gasteiger partial charge in [0.15, 0.2) is 5.65 Å². The molecular formula is C14H13N3O. The number of aliphatic hydroxyl groups is 1. The van der Waals surface area contributed by atoms with Gasteiger partial charge in [-0.25, -0.2) is 9.50 Å². The maximum atomic E-state index is 9.22. The van der Waals surface area contributed by atoms with Gasteiger partial charge in [0.05, 0.1) is 24.2 Å². The third kappa shape index (κ3) is 1.76. The molecule has 1 aromatic carbocycles. The van der Waals surface area contributed by atoms with Gasteiger partial charge in [0, 0.05) is 5.56 Å². The van der Waals surface area contributed by atoms with Crippen LogP contribution in [0.25, 0.3) is 16.9 Å². The number of hydrogen-bond donors (Lipinski definition) is 1. The molecule has 0 radical (unpaired) electrons. The fourth-order valence-corrected chi connectivity index (χ4v) is 1.91. The minimum atomic E-state index is -0.0640. The predicted octanol–water partition coefficient (Wildman–Crippen LogP) is 2.20. The van der Waals surface area contributed by atoms with Gasteiger partial charge in [-0.1, -0.05) is 29.8 Å². The lowest BCUT2D eigenvalue weighted by atomic mass is 10.1. The Bertz CT molecular complexity index is 686. The average Bonchev–Trinajstić information content (AvgIpc) is 2.81. The molecule has 3 rings (SSSR count). The van der Waals surface area contributed by atoms with Crippen LogP contribution in [-0.4, -0.2) is 19.7 Å². The van der Waals surface area contributed by atoms with E-state index in [0.717, 1.165) is 16.9 Å². The minimum Gasteiger partial charge on any atom is -0.390 e. The zero-order valence-electron chi connectivity index (χ0n) is 10.0. The summed E-state index contributed by atoms with van der Waals surface area (Å²) in [7, 11) is 0. The molecule has 2 aromatic heterocycles. The summed E-state index contributed by atoms with van der Waals surface area (Å²) in [5.74, 6) is 0. The van der Waals surface area contributed by atoms with Crippen molar-refractivity contribution in [3.8, 4) is 11.3 Å². The number of hydrogen-bond acceptors (Lipinski definition) is 3. The van der Waals surface area contributed by atoms with Crippen molar-refractivity contribution in [3.63, 3.8) is 0 Å². The molecule has 18 heavy (non-hydrogen) atoms. The molecule has 90 valence electrons. The first kappa shape index (κ1) is 10.9. The molecule has 0 unspecified atom stereocenters. The van der Waals surface area contributed by atoms with E-state index in [-0.39, 0.29) is 6.61 Å². The van der Waals surface area contributed by atoms with E-state index >= 15 is 0 Å². The zero-order valence-corrected chi connectivity index (χ0v) is 10.0. The SMILES string of the molecule is Cc1ccc(-c2ccc3ncc(CO)n3n2)cc1. The highest BCUT2D eigenvalue weighted by atomic mass is 16.3. The van der Waals surface area contributed by atoms with Gasteiger partial charge in [0.25, 0.3) is 0 Å². The van der Waals surface area contributed by atoms with Crippen LogP contribution in [0.15, 0.2) is 42.6 Å². The first-order valence-corrected chi connectivity index (χ1v) is 5.79. The maximum Gasteiger partial charge on any atom is 0.153 e. The van der Waals surface area contributed by atoms with Gasteiger partial charge in [-0.3, -0.25) is 0 Å². The van der Waals surface area contributed by atoms with Crippen molar-refractivity contribution in [2.45, 2.75) is 13.5 Å². The summed E-state index contributed by atoms with van der Waals surface area (Å²) in [5.41, 5.74) is 4.59. The molecule has 0 spiro atoms. The van der Waals surface area contributed by atoms with E-state index < -0.39 is 0 Å². The summed E-state index contributed by atoms with van der Waals surface area (Å²) < 4.78 is 1.68. The smallest absolute Gasteiger partial charge is 0.153 e. The number of aromatic nitrogens is 3. The van der Waals surface area contributed by atoms with Crippen LogP contribution in [0.4, 0.5) is 0 Å². The van der Waals surface area contributed by atoms with Gasteiger partial charge in [0.1, 0.15) is 0 Å². The number of benzene rings is 1. The quantitative estimate of drug-likeness (QED) is 0.745. The molecule has 4 nitrogen and oxygen atoms in total. The van der Waals surface area contributed by atoms with Crippen LogP contribution in [0, 0.1) is 6.92 Å². The van der Waals surface area contributed by atoms with E-state index in [1.807, 2.05) is 24.3 Å². The summed E-state index contributed by atoms with van der Waals surface area (Å²) in [5, 5.41) is 13.7. The topological polar surface area (TPSA) is 50.4 Å². The van der Waals surface area contributed by atoms with Crippen LogP contribution < -0.4 is 0 Å². The van der Waals surface area contributed by atoms with Crippen molar-refractivity contribution in [2.24, 2.45) is 0 Å². The van der Waals surface area contributed by atoms with Gasteiger partial charge in [-0.15, -0.1) is 0 Å². The number of aryl methyl sites for hydroxylation is 1. The lowest BCUT2D eigenvalue weighted by Gasteiger charge is -2.03. The molecule has 0 amide bonds. The zero-order chi connectivity index (χ0) is 12.5. The molecule has 0 aliphatic carbocycles. The highest BCUT2D eigenvalue weighted by Crippen LogP contribution is 2.18. The molecule has 2 heterocycles. The molecular weight excluding hydrogens is 226 g/mol. The third-order valence-electron chi connectivity index (χ3n) is 2.94. The molecule has 0 aliphatic rings. The first-order valence-electron chi connectivity index (χ1n) is 5.79. The van der Waals surface area contributed by atoms with Crippen molar-refractivity contribution in [1.29, 1.82) is 0 Å². The molecule has 0 aliphatic heterocycles. The molecule has 0 saturated heterocycles. The Morgan fingerprint density at radius 2 is 1.89 bits per heavy atom. The lowest BCUT2D eigenvalue weighted by Crippen LogP contribution is -1.99. The molecule has 3 aromatic rings. The first-order chi connectivity index (χ1) is 8.78. The van der Waals surface area contributed by atoms with E-state index in [1.54, 1.807) is 10.7 Å². The number of fused-ring (bicyclic) bond motifs is 1. The van der Waals surface area contributed by atoms with E-state index in [9.17, 15) is 5.11 Å². The van der Waals surface area contributed by atoms with E-state index in [1.165, 1.54) is 5.56 Å². The standard InChI is InChI=1S/C14H13N3O/c1-10-2-4-11(5-3-10)13-6-7-14-15-8-12(9-18)17(14)16-13/h2-8,18H,9H2,1H3. The predicted molar refractivity (Wildman–Crippen MR) is 69.1 cm³/mol. The summed E-state index contributed by atoms with van der Waals surface area (Å²) in [6.07, 6.45) is 1.64. The van der Waals surface area contributed by atoms with Gasteiger partial charge in [-0.2, -0.15) is 5.10 Å². The van der Waals surface area contributed by atoms with Crippen LogP contribution in [0.3, 0.4) is 0 Å². The molecule has 0 bridgehead atoms. The van der Waals surface area contributed by atoms with Crippen LogP contribution in [-0.2, 0) is 6.61 Å². The van der Waals surface area contributed by atoms with Gasteiger partial charge in [0.2, 0.25) is 0 Å². The summed E-state index contributed by atoms with van der Waals surface area (Å²) in [4.78, 5) is 4.18.